The van der Waals surface area contributed by atoms with E-state index in [9.17, 15) is 4.39 Å². The number of halogens is 1. The number of nitrogen functional groups attached to an aromatic ring is 1. The third kappa shape index (κ3) is 2.66. The van der Waals surface area contributed by atoms with E-state index in [2.05, 4.69) is 10.1 Å². The normalized spacial score (nSPS) is 17.1. The molecule has 1 aliphatic carbocycles. The number of hydrogen-bond donors (Lipinski definition) is 1. The van der Waals surface area contributed by atoms with E-state index in [1.165, 1.54) is 37.8 Å². The fourth-order valence-electron chi connectivity index (χ4n) is 2.72. The summed E-state index contributed by atoms with van der Waals surface area (Å²) in [4.78, 5) is 4.43. The van der Waals surface area contributed by atoms with E-state index >= 15 is 0 Å². The maximum absolute atomic E-state index is 13.5. The Kier molecular flexibility index (Phi) is 3.67. The molecule has 2 aromatic rings. The van der Waals surface area contributed by atoms with Crippen molar-refractivity contribution in [2.75, 3.05) is 5.73 Å². The molecule has 4 nitrogen and oxygen atoms in total. The van der Waals surface area contributed by atoms with Gasteiger partial charge < -0.3 is 10.3 Å². The Hall–Kier alpha value is -1.91. The molecule has 0 aliphatic heterocycles. The second kappa shape index (κ2) is 5.61. The zero-order valence-corrected chi connectivity index (χ0v) is 11.3. The van der Waals surface area contributed by atoms with E-state index in [0.717, 1.165) is 18.7 Å². The van der Waals surface area contributed by atoms with Crippen LogP contribution in [0.5, 0.6) is 0 Å². The van der Waals surface area contributed by atoms with E-state index in [-0.39, 0.29) is 5.69 Å². The minimum Gasteiger partial charge on any atom is -0.396 e. The molecule has 3 rings (SSSR count). The summed E-state index contributed by atoms with van der Waals surface area (Å²) < 4.78 is 18.7. The van der Waals surface area contributed by atoms with E-state index < -0.39 is 5.82 Å². The topological polar surface area (TPSA) is 64.9 Å². The fourth-order valence-corrected chi connectivity index (χ4v) is 2.72. The molecule has 0 atom stereocenters. The first-order valence-corrected chi connectivity index (χ1v) is 7.13. The molecular formula is C15H18FN3O. The number of rotatable bonds is 2. The van der Waals surface area contributed by atoms with E-state index in [0.29, 0.717) is 17.4 Å². The van der Waals surface area contributed by atoms with Gasteiger partial charge in [0.1, 0.15) is 5.82 Å². The van der Waals surface area contributed by atoms with Crippen LogP contribution in [-0.4, -0.2) is 10.1 Å². The van der Waals surface area contributed by atoms with Crippen molar-refractivity contribution in [3.63, 3.8) is 0 Å². The Morgan fingerprint density at radius 1 is 1.15 bits per heavy atom. The number of hydrogen-bond acceptors (Lipinski definition) is 4. The minimum absolute atomic E-state index is 0.122. The maximum atomic E-state index is 13.5. The molecule has 0 unspecified atom stereocenters. The largest absolute Gasteiger partial charge is 0.396 e. The summed E-state index contributed by atoms with van der Waals surface area (Å²) in [6.45, 7) is 0. The monoisotopic (exact) mass is 275 g/mol. The van der Waals surface area contributed by atoms with Gasteiger partial charge in [-0.05, 0) is 31.0 Å². The fraction of sp³-hybridized carbons (Fsp3) is 0.467. The Morgan fingerprint density at radius 2 is 1.90 bits per heavy atom. The number of nitrogens with zero attached hydrogens (tertiary/aromatic N) is 2. The molecule has 1 aliphatic rings. The smallest absolute Gasteiger partial charge is 0.258 e. The van der Waals surface area contributed by atoms with Crippen LogP contribution < -0.4 is 5.73 Å². The standard InChI is InChI=1S/C15H18FN3O/c16-12-9-11(7-8-13(12)17)15-18-14(19-20-15)10-5-3-1-2-4-6-10/h7-10H,1-6,17H2. The van der Waals surface area contributed by atoms with E-state index in [1.54, 1.807) is 6.07 Å². The molecule has 1 fully saturated rings. The molecule has 0 radical (unpaired) electrons. The van der Waals surface area contributed by atoms with E-state index in [1.807, 2.05) is 0 Å². The molecule has 106 valence electrons. The zero-order valence-electron chi connectivity index (χ0n) is 11.3. The van der Waals surface area contributed by atoms with Gasteiger partial charge in [-0.15, -0.1) is 0 Å². The average Bonchev–Trinajstić information content (AvgIpc) is 2.78. The number of aromatic nitrogens is 2. The molecule has 1 heterocycles. The van der Waals surface area contributed by atoms with Crippen molar-refractivity contribution in [1.82, 2.24) is 10.1 Å². The predicted octanol–water partition coefficient (Wildman–Crippen LogP) is 3.90. The summed E-state index contributed by atoms with van der Waals surface area (Å²) in [6, 6.07) is 4.54. The van der Waals surface area contributed by atoms with Gasteiger partial charge in [-0.1, -0.05) is 30.8 Å². The number of anilines is 1. The van der Waals surface area contributed by atoms with Crippen LogP contribution in [0.4, 0.5) is 10.1 Å². The van der Waals surface area contributed by atoms with Crippen LogP contribution in [0.2, 0.25) is 0 Å². The summed E-state index contributed by atoms with van der Waals surface area (Å²) in [5, 5.41) is 4.07. The molecule has 0 spiro atoms. The van der Waals surface area contributed by atoms with Gasteiger partial charge in [-0.2, -0.15) is 4.98 Å². The highest BCUT2D eigenvalue weighted by atomic mass is 19.1. The van der Waals surface area contributed by atoms with E-state index in [4.69, 9.17) is 10.3 Å². The van der Waals surface area contributed by atoms with Crippen molar-refractivity contribution < 1.29 is 8.91 Å². The predicted molar refractivity (Wildman–Crippen MR) is 74.5 cm³/mol. The van der Waals surface area contributed by atoms with Crippen LogP contribution in [-0.2, 0) is 0 Å². The summed E-state index contributed by atoms with van der Waals surface area (Å²) in [7, 11) is 0. The van der Waals surface area contributed by atoms with Gasteiger partial charge in [-0.25, -0.2) is 4.39 Å². The lowest BCUT2D eigenvalue weighted by atomic mass is 10.00. The minimum atomic E-state index is -0.461. The Balaban J connectivity index is 1.83. The van der Waals surface area contributed by atoms with Crippen LogP contribution in [0.1, 0.15) is 50.3 Å². The summed E-state index contributed by atoms with van der Waals surface area (Å²) in [5.74, 6) is 1.02. The number of benzene rings is 1. The Bertz CT molecular complexity index is 589. The van der Waals surface area contributed by atoms with Gasteiger partial charge in [-0.3, -0.25) is 0 Å². The lowest BCUT2D eigenvalue weighted by Gasteiger charge is -2.07. The van der Waals surface area contributed by atoms with Crippen molar-refractivity contribution in [2.45, 2.75) is 44.4 Å². The molecule has 1 saturated carbocycles. The summed E-state index contributed by atoms with van der Waals surface area (Å²) in [5.41, 5.74) is 6.16. The van der Waals surface area contributed by atoms with Gasteiger partial charge in [0.15, 0.2) is 5.82 Å². The van der Waals surface area contributed by atoms with Crippen LogP contribution in [0.15, 0.2) is 22.7 Å². The van der Waals surface area contributed by atoms with Crippen molar-refractivity contribution in [1.29, 1.82) is 0 Å². The summed E-state index contributed by atoms with van der Waals surface area (Å²) >= 11 is 0. The second-order valence-corrected chi connectivity index (χ2v) is 5.38. The lowest BCUT2D eigenvalue weighted by Crippen LogP contribution is -1.99. The molecular weight excluding hydrogens is 257 g/mol. The van der Waals surface area contributed by atoms with Crippen LogP contribution in [0.3, 0.4) is 0 Å². The molecule has 1 aromatic heterocycles. The lowest BCUT2D eigenvalue weighted by molar-refractivity contribution is 0.409. The van der Waals surface area contributed by atoms with Gasteiger partial charge >= 0.3 is 0 Å². The quantitative estimate of drug-likeness (QED) is 0.667. The highest BCUT2D eigenvalue weighted by Crippen LogP contribution is 2.31. The highest BCUT2D eigenvalue weighted by Gasteiger charge is 2.20. The highest BCUT2D eigenvalue weighted by molar-refractivity contribution is 5.57. The van der Waals surface area contributed by atoms with Gasteiger partial charge in [0.2, 0.25) is 0 Å². The zero-order chi connectivity index (χ0) is 13.9. The molecule has 0 bridgehead atoms. The van der Waals surface area contributed by atoms with Gasteiger partial charge in [0.25, 0.3) is 5.89 Å². The molecule has 0 amide bonds. The molecule has 5 heteroatoms. The summed E-state index contributed by atoms with van der Waals surface area (Å²) in [6.07, 6.45) is 7.20. The second-order valence-electron chi connectivity index (χ2n) is 5.38. The molecule has 20 heavy (non-hydrogen) atoms. The molecule has 2 N–H and O–H groups in total. The third-order valence-electron chi connectivity index (χ3n) is 3.91. The maximum Gasteiger partial charge on any atom is 0.258 e. The Labute approximate surface area is 117 Å². The average molecular weight is 275 g/mol. The number of nitrogens with two attached hydrogens (primary N) is 1. The van der Waals surface area contributed by atoms with Gasteiger partial charge in [0, 0.05) is 11.5 Å². The SMILES string of the molecule is Nc1ccc(-c2nc(C3CCCCCC3)no2)cc1F. The first kappa shape index (κ1) is 13.1. The van der Waals surface area contributed by atoms with Crippen LogP contribution in [0, 0.1) is 5.82 Å². The van der Waals surface area contributed by atoms with Crippen LogP contribution in [0.25, 0.3) is 11.5 Å². The first-order valence-electron chi connectivity index (χ1n) is 7.13. The third-order valence-corrected chi connectivity index (χ3v) is 3.91. The van der Waals surface area contributed by atoms with Crippen molar-refractivity contribution in [3.05, 3.63) is 29.8 Å². The van der Waals surface area contributed by atoms with Crippen molar-refractivity contribution >= 4 is 5.69 Å². The Morgan fingerprint density at radius 3 is 2.60 bits per heavy atom. The van der Waals surface area contributed by atoms with Crippen LogP contribution >= 0.6 is 0 Å². The molecule has 0 saturated heterocycles. The van der Waals surface area contributed by atoms with Crippen molar-refractivity contribution in [2.24, 2.45) is 0 Å². The van der Waals surface area contributed by atoms with Crippen molar-refractivity contribution in [3.8, 4) is 11.5 Å². The molecule has 1 aromatic carbocycles. The first-order chi connectivity index (χ1) is 9.74. The van der Waals surface area contributed by atoms with Gasteiger partial charge in [0.05, 0.1) is 5.69 Å².